The van der Waals surface area contributed by atoms with Crippen LogP contribution in [0.3, 0.4) is 0 Å². The van der Waals surface area contributed by atoms with Crippen molar-refractivity contribution in [2.75, 3.05) is 5.32 Å². The van der Waals surface area contributed by atoms with Gasteiger partial charge in [0.25, 0.3) is 0 Å². The number of hydrogen-bond acceptors (Lipinski definition) is 6. The maximum absolute atomic E-state index is 12.2. The molecule has 1 N–H and O–H groups in total. The van der Waals surface area contributed by atoms with Crippen LogP contribution in [0.5, 0.6) is 0 Å². The zero-order valence-electron chi connectivity index (χ0n) is 10.6. The first kappa shape index (κ1) is 12.5. The summed E-state index contributed by atoms with van der Waals surface area (Å²) >= 11 is 1.23. The maximum Gasteiger partial charge on any atom is 0.199 e. The van der Waals surface area contributed by atoms with Crippen LogP contribution < -0.4 is 5.32 Å². The largest absolute Gasteiger partial charge is 0.331 e. The van der Waals surface area contributed by atoms with E-state index in [0.717, 1.165) is 5.69 Å². The first-order valence-corrected chi connectivity index (χ1v) is 6.82. The molecule has 2 aromatic rings. The number of nitrogens with one attached hydrogen (secondary N) is 1. The highest BCUT2D eigenvalue weighted by Gasteiger charge is 2.32. The van der Waals surface area contributed by atoms with Crippen molar-refractivity contribution in [3.05, 3.63) is 35.2 Å². The monoisotopic (exact) mass is 282 g/mol. The van der Waals surface area contributed by atoms with E-state index in [4.69, 9.17) is 5.26 Å². The number of benzene rings is 1. The number of nitrogens with zero attached hydrogens (tertiary/aromatic N) is 3. The zero-order chi connectivity index (χ0) is 14.1. The number of hydrogen-bond donors (Lipinski definition) is 1. The summed E-state index contributed by atoms with van der Waals surface area (Å²) in [6, 6.07) is 11.6. The summed E-state index contributed by atoms with van der Waals surface area (Å²) in [4.78, 5) is 21.2. The number of rotatable bonds is 2. The van der Waals surface area contributed by atoms with Gasteiger partial charge in [-0.1, -0.05) is 29.5 Å². The standard InChI is InChI=1S/C14H10N4OS/c1-8-10(7-15)11(19)12-13(16-8)18-14(20-12)17-9-5-3-2-4-6-9/h2-6,10H,1H3,(H,17,18). The molecule has 1 atom stereocenters. The molecule has 5 nitrogen and oxygen atoms in total. The van der Waals surface area contributed by atoms with Crippen LogP contribution in [-0.2, 0) is 0 Å². The second kappa shape index (κ2) is 4.87. The highest BCUT2D eigenvalue weighted by atomic mass is 32.1. The molecule has 0 saturated carbocycles. The van der Waals surface area contributed by atoms with E-state index in [2.05, 4.69) is 15.3 Å². The molecular formula is C14H10N4OS. The summed E-state index contributed by atoms with van der Waals surface area (Å²) in [6.07, 6.45) is 0. The van der Waals surface area contributed by atoms with Gasteiger partial charge in [-0.2, -0.15) is 10.2 Å². The summed E-state index contributed by atoms with van der Waals surface area (Å²) in [5.74, 6) is -0.594. The Morgan fingerprint density at radius 3 is 2.80 bits per heavy atom. The number of anilines is 2. The summed E-state index contributed by atoms with van der Waals surface area (Å²) in [7, 11) is 0. The molecular weight excluding hydrogens is 272 g/mol. The van der Waals surface area contributed by atoms with Gasteiger partial charge in [-0.15, -0.1) is 0 Å². The molecule has 0 aliphatic carbocycles. The number of para-hydroxylation sites is 1. The summed E-state index contributed by atoms with van der Waals surface area (Å²) in [5.41, 5.74) is 1.39. The Balaban J connectivity index is 1.95. The molecule has 0 amide bonds. The number of thiazole rings is 1. The molecule has 0 radical (unpaired) electrons. The lowest BCUT2D eigenvalue weighted by Crippen LogP contribution is -2.22. The lowest BCUT2D eigenvalue weighted by atomic mass is 9.97. The van der Waals surface area contributed by atoms with Gasteiger partial charge in [-0.25, -0.2) is 4.99 Å². The van der Waals surface area contributed by atoms with Gasteiger partial charge in [0.2, 0.25) is 0 Å². The van der Waals surface area contributed by atoms with Gasteiger partial charge in [0.1, 0.15) is 10.8 Å². The van der Waals surface area contributed by atoms with E-state index in [-0.39, 0.29) is 5.78 Å². The SMILES string of the molecule is CC1=Nc2nc(Nc3ccccc3)sc2C(=O)C1C#N. The Hall–Kier alpha value is -2.52. The van der Waals surface area contributed by atoms with Crippen LogP contribution in [0.2, 0.25) is 0 Å². The first-order valence-electron chi connectivity index (χ1n) is 6.01. The quantitative estimate of drug-likeness (QED) is 0.916. The average molecular weight is 282 g/mol. The third kappa shape index (κ3) is 2.08. The molecule has 0 saturated heterocycles. The van der Waals surface area contributed by atoms with Crippen molar-refractivity contribution < 1.29 is 4.79 Å². The van der Waals surface area contributed by atoms with E-state index < -0.39 is 5.92 Å². The van der Waals surface area contributed by atoms with Crippen LogP contribution in [-0.4, -0.2) is 16.5 Å². The number of aromatic nitrogens is 1. The minimum absolute atomic E-state index is 0.214. The third-order valence-corrected chi connectivity index (χ3v) is 3.92. The van der Waals surface area contributed by atoms with Crippen LogP contribution in [0.15, 0.2) is 35.3 Å². The second-order valence-corrected chi connectivity index (χ2v) is 5.34. The molecule has 0 bridgehead atoms. The number of nitriles is 1. The van der Waals surface area contributed by atoms with E-state index in [1.54, 1.807) is 6.92 Å². The fourth-order valence-corrected chi connectivity index (χ4v) is 2.85. The van der Waals surface area contributed by atoms with Crippen LogP contribution in [0, 0.1) is 17.2 Å². The normalized spacial score (nSPS) is 17.1. The zero-order valence-corrected chi connectivity index (χ0v) is 11.4. The van der Waals surface area contributed by atoms with E-state index in [1.807, 2.05) is 36.4 Å². The van der Waals surface area contributed by atoms with Crippen LogP contribution >= 0.6 is 11.3 Å². The fourth-order valence-electron chi connectivity index (χ4n) is 1.95. The van der Waals surface area contributed by atoms with Crippen LogP contribution in [0.4, 0.5) is 16.6 Å². The highest BCUT2D eigenvalue weighted by Crippen LogP contribution is 2.36. The predicted octanol–water partition coefficient (Wildman–Crippen LogP) is 3.32. The Morgan fingerprint density at radius 2 is 2.10 bits per heavy atom. The Morgan fingerprint density at radius 1 is 1.35 bits per heavy atom. The lowest BCUT2D eigenvalue weighted by Gasteiger charge is -2.10. The lowest BCUT2D eigenvalue weighted by molar-refractivity contribution is 0.0977. The van der Waals surface area contributed by atoms with Gasteiger partial charge in [-0.3, -0.25) is 4.79 Å². The van der Waals surface area contributed by atoms with E-state index in [1.165, 1.54) is 11.3 Å². The minimum Gasteiger partial charge on any atom is -0.331 e. The smallest absolute Gasteiger partial charge is 0.199 e. The fraction of sp³-hybridized carbons (Fsp3) is 0.143. The Bertz CT molecular complexity index is 742. The Labute approximate surface area is 119 Å². The Kier molecular flexibility index (Phi) is 3.05. The molecule has 1 aliphatic heterocycles. The van der Waals surface area contributed by atoms with Gasteiger partial charge in [0, 0.05) is 11.4 Å². The molecule has 6 heteroatoms. The minimum atomic E-state index is -0.785. The second-order valence-electron chi connectivity index (χ2n) is 4.34. The third-order valence-electron chi connectivity index (χ3n) is 2.95. The van der Waals surface area contributed by atoms with E-state index in [9.17, 15) is 4.79 Å². The van der Waals surface area contributed by atoms with Crippen LogP contribution in [0.1, 0.15) is 16.6 Å². The molecule has 98 valence electrons. The van der Waals surface area contributed by atoms with Crippen molar-refractivity contribution in [2.24, 2.45) is 10.9 Å². The number of aliphatic imine (C=N–C) groups is 1. The highest BCUT2D eigenvalue weighted by molar-refractivity contribution is 7.18. The molecule has 3 rings (SSSR count). The van der Waals surface area contributed by atoms with Gasteiger partial charge in [0.15, 0.2) is 16.7 Å². The van der Waals surface area contributed by atoms with Gasteiger partial charge >= 0.3 is 0 Å². The van der Waals surface area contributed by atoms with Crippen molar-refractivity contribution in [3.8, 4) is 6.07 Å². The number of fused-ring (bicyclic) bond motifs is 1. The molecule has 0 fully saturated rings. The number of carbonyl (C=O) groups is 1. The summed E-state index contributed by atoms with van der Waals surface area (Å²) in [6.45, 7) is 1.68. The van der Waals surface area contributed by atoms with E-state index in [0.29, 0.717) is 21.5 Å². The van der Waals surface area contributed by atoms with Crippen molar-refractivity contribution in [2.45, 2.75) is 6.92 Å². The van der Waals surface area contributed by atoms with Crippen LogP contribution in [0.25, 0.3) is 0 Å². The van der Waals surface area contributed by atoms with Gasteiger partial charge < -0.3 is 5.32 Å². The first-order chi connectivity index (χ1) is 9.69. The van der Waals surface area contributed by atoms with Crippen molar-refractivity contribution >= 4 is 39.5 Å². The van der Waals surface area contributed by atoms with Crippen molar-refractivity contribution in [1.82, 2.24) is 4.98 Å². The number of carbonyl (C=O) groups excluding carboxylic acids is 1. The molecule has 0 spiro atoms. The van der Waals surface area contributed by atoms with Gasteiger partial charge in [-0.05, 0) is 19.1 Å². The molecule has 20 heavy (non-hydrogen) atoms. The summed E-state index contributed by atoms with van der Waals surface area (Å²) < 4.78 is 0. The van der Waals surface area contributed by atoms with Crippen molar-refractivity contribution in [3.63, 3.8) is 0 Å². The average Bonchev–Trinajstić information content (AvgIpc) is 2.83. The van der Waals surface area contributed by atoms with Gasteiger partial charge in [0.05, 0.1) is 6.07 Å². The molecule has 1 aromatic heterocycles. The topological polar surface area (TPSA) is 78.1 Å². The molecule has 1 aliphatic rings. The number of ketones is 1. The maximum atomic E-state index is 12.2. The number of Topliss-reactive ketones (excluding diaryl/α,β-unsaturated/α-hetero) is 1. The van der Waals surface area contributed by atoms with E-state index >= 15 is 0 Å². The summed E-state index contributed by atoms with van der Waals surface area (Å²) in [5, 5.41) is 12.8. The molecule has 1 unspecified atom stereocenters. The molecule has 1 aromatic carbocycles. The predicted molar refractivity (Wildman–Crippen MR) is 78.0 cm³/mol. The molecule has 2 heterocycles. The van der Waals surface area contributed by atoms with Crippen molar-refractivity contribution in [1.29, 1.82) is 5.26 Å².